The lowest BCUT2D eigenvalue weighted by molar-refractivity contribution is 0.303. The first-order valence-electron chi connectivity index (χ1n) is 7.30. The second-order valence-corrected chi connectivity index (χ2v) is 6.13. The molecule has 3 rings (SSSR count). The molecule has 1 aromatic heterocycles. The first-order valence-corrected chi connectivity index (χ1v) is 8.25. The van der Waals surface area contributed by atoms with E-state index in [1.165, 1.54) is 29.5 Å². The highest BCUT2D eigenvalue weighted by molar-refractivity contribution is 7.08. The monoisotopic (exact) mass is 287 g/mol. The van der Waals surface area contributed by atoms with Crippen molar-refractivity contribution in [3.63, 3.8) is 0 Å². The fraction of sp³-hybridized carbons (Fsp3) is 0.412. The average Bonchev–Trinajstić information content (AvgIpc) is 3.17. The third kappa shape index (κ3) is 3.05. The summed E-state index contributed by atoms with van der Waals surface area (Å²) < 4.78 is 5.82. The summed E-state index contributed by atoms with van der Waals surface area (Å²) in [6.45, 7) is 5.29. The summed E-state index contributed by atoms with van der Waals surface area (Å²) in [6.07, 6.45) is 2.87. The second kappa shape index (κ2) is 5.98. The van der Waals surface area contributed by atoms with Crippen LogP contribution in [0.5, 0.6) is 5.75 Å². The number of thiophene rings is 1. The molecule has 1 aromatic carbocycles. The molecule has 1 aliphatic rings. The van der Waals surface area contributed by atoms with Crippen LogP contribution in [-0.4, -0.2) is 12.6 Å². The Morgan fingerprint density at radius 2 is 2.00 bits per heavy atom. The predicted molar refractivity (Wildman–Crippen MR) is 84.7 cm³/mol. The molecule has 0 saturated heterocycles. The van der Waals surface area contributed by atoms with Gasteiger partial charge in [-0.05, 0) is 65.9 Å². The van der Waals surface area contributed by atoms with E-state index in [-0.39, 0.29) is 6.04 Å². The lowest BCUT2D eigenvalue weighted by Gasteiger charge is -2.19. The Morgan fingerprint density at radius 1 is 1.25 bits per heavy atom. The van der Waals surface area contributed by atoms with Crippen LogP contribution in [0.2, 0.25) is 0 Å². The van der Waals surface area contributed by atoms with E-state index in [1.54, 1.807) is 11.3 Å². The number of nitrogens with one attached hydrogen (secondary N) is 1. The lowest BCUT2D eigenvalue weighted by atomic mass is 9.98. The smallest absolute Gasteiger partial charge is 0.119 e. The Bertz CT molecular complexity index is 557. The van der Waals surface area contributed by atoms with E-state index in [9.17, 15) is 0 Å². The van der Waals surface area contributed by atoms with Gasteiger partial charge in [-0.1, -0.05) is 19.1 Å². The van der Waals surface area contributed by atoms with Gasteiger partial charge in [0.2, 0.25) is 0 Å². The van der Waals surface area contributed by atoms with Crippen LogP contribution in [0.4, 0.5) is 0 Å². The van der Waals surface area contributed by atoms with Gasteiger partial charge in [0, 0.05) is 0 Å². The van der Waals surface area contributed by atoms with Crippen LogP contribution >= 0.6 is 11.3 Å². The van der Waals surface area contributed by atoms with Gasteiger partial charge in [0.25, 0.3) is 0 Å². The van der Waals surface area contributed by atoms with Gasteiger partial charge in [-0.3, -0.25) is 0 Å². The van der Waals surface area contributed by atoms with Crippen molar-refractivity contribution in [2.24, 2.45) is 0 Å². The lowest BCUT2D eigenvalue weighted by Crippen LogP contribution is -2.22. The molecular weight excluding hydrogens is 266 g/mol. The minimum Gasteiger partial charge on any atom is -0.490 e. The van der Waals surface area contributed by atoms with Crippen LogP contribution in [0.25, 0.3) is 0 Å². The first kappa shape index (κ1) is 13.7. The molecule has 0 spiro atoms. The van der Waals surface area contributed by atoms with Crippen molar-refractivity contribution in [2.75, 3.05) is 6.54 Å². The first-order chi connectivity index (χ1) is 9.78. The van der Waals surface area contributed by atoms with Gasteiger partial charge in [0.1, 0.15) is 5.75 Å². The molecule has 106 valence electrons. The summed E-state index contributed by atoms with van der Waals surface area (Å²) in [4.78, 5) is 0. The van der Waals surface area contributed by atoms with E-state index in [2.05, 4.69) is 54.2 Å². The van der Waals surface area contributed by atoms with Gasteiger partial charge in [0.15, 0.2) is 0 Å². The standard InChI is InChI=1S/C17H21NOS/c1-3-18-17(16-11-20-10-12(16)2)13-4-6-14(7-5-13)19-15-8-9-15/h4-7,10-11,15,17-18H,3,8-9H2,1-2H3. The van der Waals surface area contributed by atoms with Crippen molar-refractivity contribution in [3.05, 3.63) is 51.7 Å². The van der Waals surface area contributed by atoms with E-state index in [4.69, 9.17) is 4.74 Å². The molecule has 3 heteroatoms. The minimum absolute atomic E-state index is 0.279. The van der Waals surface area contributed by atoms with Gasteiger partial charge in [0.05, 0.1) is 12.1 Å². The van der Waals surface area contributed by atoms with Crippen LogP contribution in [0.3, 0.4) is 0 Å². The molecular formula is C17H21NOS. The third-order valence-corrected chi connectivity index (χ3v) is 4.53. The number of rotatable bonds is 6. The maximum Gasteiger partial charge on any atom is 0.119 e. The normalized spacial score (nSPS) is 16.1. The van der Waals surface area contributed by atoms with Crippen LogP contribution < -0.4 is 10.1 Å². The molecule has 0 aliphatic heterocycles. The van der Waals surface area contributed by atoms with Crippen molar-refractivity contribution in [1.82, 2.24) is 5.32 Å². The number of ether oxygens (including phenoxy) is 1. The predicted octanol–water partition coefficient (Wildman–Crippen LogP) is 4.30. The maximum absolute atomic E-state index is 5.82. The van der Waals surface area contributed by atoms with Crippen LogP contribution in [0.1, 0.15) is 42.5 Å². The van der Waals surface area contributed by atoms with E-state index in [1.807, 2.05) is 0 Å². The number of hydrogen-bond acceptors (Lipinski definition) is 3. The molecule has 1 aliphatic carbocycles. The van der Waals surface area contributed by atoms with Gasteiger partial charge in [-0.2, -0.15) is 11.3 Å². The number of aryl methyl sites for hydroxylation is 1. The number of hydrogen-bond donors (Lipinski definition) is 1. The van der Waals surface area contributed by atoms with E-state index < -0.39 is 0 Å². The van der Waals surface area contributed by atoms with Gasteiger partial charge >= 0.3 is 0 Å². The summed E-state index contributed by atoms with van der Waals surface area (Å²) in [7, 11) is 0. The Labute approximate surface area is 124 Å². The fourth-order valence-corrected chi connectivity index (χ4v) is 3.27. The molecule has 1 atom stereocenters. The highest BCUT2D eigenvalue weighted by atomic mass is 32.1. The molecule has 1 saturated carbocycles. The zero-order chi connectivity index (χ0) is 13.9. The third-order valence-electron chi connectivity index (χ3n) is 3.65. The fourth-order valence-electron chi connectivity index (χ4n) is 2.39. The summed E-state index contributed by atoms with van der Waals surface area (Å²) in [6, 6.07) is 8.84. The van der Waals surface area contributed by atoms with Crippen LogP contribution in [0, 0.1) is 6.92 Å². The molecule has 1 N–H and O–H groups in total. The molecule has 1 heterocycles. The molecule has 1 fully saturated rings. The molecule has 2 aromatic rings. The molecule has 1 unspecified atom stereocenters. The zero-order valence-corrected chi connectivity index (χ0v) is 12.9. The molecule has 20 heavy (non-hydrogen) atoms. The van der Waals surface area contributed by atoms with E-state index in [0.29, 0.717) is 6.10 Å². The Kier molecular flexibility index (Phi) is 4.08. The Balaban J connectivity index is 1.81. The van der Waals surface area contributed by atoms with Crippen LogP contribution in [-0.2, 0) is 0 Å². The van der Waals surface area contributed by atoms with Crippen LogP contribution in [0.15, 0.2) is 35.0 Å². The second-order valence-electron chi connectivity index (χ2n) is 5.39. The maximum atomic E-state index is 5.82. The Morgan fingerprint density at radius 3 is 2.55 bits per heavy atom. The summed E-state index contributed by atoms with van der Waals surface area (Å²) in [5.74, 6) is 0.994. The molecule has 0 bridgehead atoms. The average molecular weight is 287 g/mol. The zero-order valence-electron chi connectivity index (χ0n) is 12.1. The molecule has 2 nitrogen and oxygen atoms in total. The largest absolute Gasteiger partial charge is 0.490 e. The van der Waals surface area contributed by atoms with E-state index >= 15 is 0 Å². The number of benzene rings is 1. The summed E-state index contributed by atoms with van der Waals surface area (Å²) >= 11 is 1.77. The minimum atomic E-state index is 0.279. The highest BCUT2D eigenvalue weighted by Gasteiger charge is 2.23. The van der Waals surface area contributed by atoms with Gasteiger partial charge in [-0.15, -0.1) is 0 Å². The molecule has 0 amide bonds. The van der Waals surface area contributed by atoms with Crippen molar-refractivity contribution in [1.29, 1.82) is 0 Å². The molecule has 0 radical (unpaired) electrons. The van der Waals surface area contributed by atoms with Crippen molar-refractivity contribution in [2.45, 2.75) is 38.8 Å². The van der Waals surface area contributed by atoms with Crippen molar-refractivity contribution in [3.8, 4) is 5.75 Å². The van der Waals surface area contributed by atoms with Crippen molar-refractivity contribution >= 4 is 11.3 Å². The van der Waals surface area contributed by atoms with Crippen molar-refractivity contribution < 1.29 is 4.74 Å². The summed E-state index contributed by atoms with van der Waals surface area (Å²) in [5, 5.41) is 8.04. The topological polar surface area (TPSA) is 21.3 Å². The SMILES string of the molecule is CCNC(c1ccc(OC2CC2)cc1)c1cscc1C. The van der Waals surface area contributed by atoms with Gasteiger partial charge in [-0.25, -0.2) is 0 Å². The summed E-state index contributed by atoms with van der Waals surface area (Å²) in [5.41, 5.74) is 4.04. The highest BCUT2D eigenvalue weighted by Crippen LogP contribution is 2.30. The van der Waals surface area contributed by atoms with E-state index in [0.717, 1.165) is 12.3 Å². The Hall–Kier alpha value is -1.32. The quantitative estimate of drug-likeness (QED) is 0.855. The van der Waals surface area contributed by atoms with Gasteiger partial charge < -0.3 is 10.1 Å².